The first-order valence-corrected chi connectivity index (χ1v) is 7.72. The summed E-state index contributed by atoms with van der Waals surface area (Å²) < 4.78 is 20.4. The van der Waals surface area contributed by atoms with Gasteiger partial charge in [-0.25, -0.2) is 0 Å². The van der Waals surface area contributed by atoms with Crippen molar-refractivity contribution >= 4 is 11.9 Å². The monoisotopic (exact) mass is 360 g/mol. The number of fused-ring (bicyclic) bond motifs is 2. The van der Waals surface area contributed by atoms with Crippen molar-refractivity contribution in [3.63, 3.8) is 0 Å². The fraction of sp³-hybridized carbons (Fsp3) is 0.222. The summed E-state index contributed by atoms with van der Waals surface area (Å²) >= 11 is 0. The van der Waals surface area contributed by atoms with E-state index in [1.165, 1.54) is 0 Å². The van der Waals surface area contributed by atoms with Gasteiger partial charge in [-0.2, -0.15) is 0 Å². The molecular formula is C18H16O8. The average molecular weight is 360 g/mol. The highest BCUT2D eigenvalue weighted by atomic mass is 16.7. The van der Waals surface area contributed by atoms with E-state index in [2.05, 4.69) is 0 Å². The number of carboxylic acids is 2. The average Bonchev–Trinajstić information content (AvgIpc) is 3.22. The highest BCUT2D eigenvalue weighted by Crippen LogP contribution is 2.33. The summed E-state index contributed by atoms with van der Waals surface area (Å²) in [6.07, 6.45) is 0.0211. The molecule has 8 heteroatoms. The zero-order chi connectivity index (χ0) is 18.5. The number of carbonyl (C=O) groups is 2. The molecule has 2 aromatic rings. The summed E-state index contributed by atoms with van der Waals surface area (Å²) in [7, 11) is 0. The molecule has 8 nitrogen and oxygen atoms in total. The zero-order valence-electron chi connectivity index (χ0n) is 13.6. The molecule has 2 aliphatic heterocycles. The minimum atomic E-state index is -0.848. The molecule has 0 aliphatic carbocycles. The van der Waals surface area contributed by atoms with Gasteiger partial charge in [0.15, 0.2) is 23.0 Å². The number of aliphatic carboxylic acids is 2. The van der Waals surface area contributed by atoms with Gasteiger partial charge in [0, 0.05) is 0 Å². The predicted octanol–water partition coefficient (Wildman–Crippen LogP) is 2.08. The molecule has 26 heavy (non-hydrogen) atoms. The maximum Gasteiger partial charge on any atom is 0.307 e. The molecule has 136 valence electrons. The lowest BCUT2D eigenvalue weighted by Crippen LogP contribution is -1.99. The molecule has 2 aliphatic rings. The largest absolute Gasteiger partial charge is 0.481 e. The van der Waals surface area contributed by atoms with Crippen LogP contribution in [-0.2, 0) is 22.4 Å². The maximum absolute atomic E-state index is 10.4. The third-order valence-corrected chi connectivity index (χ3v) is 3.58. The van der Waals surface area contributed by atoms with Crippen LogP contribution in [0, 0.1) is 0 Å². The number of rotatable bonds is 4. The summed E-state index contributed by atoms with van der Waals surface area (Å²) in [5.41, 5.74) is 1.44. The molecule has 4 rings (SSSR count). The molecule has 0 radical (unpaired) electrons. The summed E-state index contributed by atoms with van der Waals surface area (Å²) in [4.78, 5) is 20.8. The van der Waals surface area contributed by atoms with Crippen molar-refractivity contribution in [2.24, 2.45) is 0 Å². The molecule has 0 bridgehead atoms. The van der Waals surface area contributed by atoms with Crippen LogP contribution in [0.2, 0.25) is 0 Å². The fourth-order valence-corrected chi connectivity index (χ4v) is 2.45. The van der Waals surface area contributed by atoms with Gasteiger partial charge in [0.2, 0.25) is 13.6 Å². The number of hydrogen-bond donors (Lipinski definition) is 2. The molecule has 0 saturated carbocycles. The van der Waals surface area contributed by atoms with Crippen LogP contribution < -0.4 is 18.9 Å². The van der Waals surface area contributed by atoms with Crippen molar-refractivity contribution in [1.82, 2.24) is 0 Å². The van der Waals surface area contributed by atoms with Crippen molar-refractivity contribution < 1.29 is 38.7 Å². The molecule has 2 aromatic carbocycles. The lowest BCUT2D eigenvalue weighted by atomic mass is 10.1. The van der Waals surface area contributed by atoms with E-state index in [1.807, 2.05) is 0 Å². The molecule has 0 saturated heterocycles. The molecular weight excluding hydrogens is 344 g/mol. The van der Waals surface area contributed by atoms with Gasteiger partial charge in [-0.05, 0) is 35.4 Å². The first kappa shape index (κ1) is 17.4. The number of carboxylic acid groups (broad SMARTS) is 2. The first-order valence-electron chi connectivity index (χ1n) is 7.72. The van der Waals surface area contributed by atoms with Crippen molar-refractivity contribution in [1.29, 1.82) is 0 Å². The third-order valence-electron chi connectivity index (χ3n) is 3.58. The Morgan fingerprint density at radius 1 is 0.692 bits per heavy atom. The Morgan fingerprint density at radius 3 is 1.46 bits per heavy atom. The van der Waals surface area contributed by atoms with Gasteiger partial charge in [-0.15, -0.1) is 0 Å². The number of ether oxygens (including phenoxy) is 4. The Bertz CT molecular complexity index is 760. The van der Waals surface area contributed by atoms with Gasteiger partial charge in [0.1, 0.15) is 0 Å². The SMILES string of the molecule is O=C(O)Cc1ccc2c(c1)OCO2.O=C(O)Cc1ccc2c(c1)OCO2. The molecule has 0 amide bonds. The van der Waals surface area contributed by atoms with Crippen LogP contribution in [0.15, 0.2) is 36.4 Å². The van der Waals surface area contributed by atoms with E-state index < -0.39 is 11.9 Å². The van der Waals surface area contributed by atoms with E-state index in [1.54, 1.807) is 36.4 Å². The molecule has 0 aromatic heterocycles. The molecule has 2 N–H and O–H groups in total. The van der Waals surface area contributed by atoms with Crippen molar-refractivity contribution in [3.05, 3.63) is 47.5 Å². The summed E-state index contributed by atoms with van der Waals surface area (Å²) in [5, 5.41) is 17.1. The van der Waals surface area contributed by atoms with E-state index >= 15 is 0 Å². The van der Waals surface area contributed by atoms with E-state index in [-0.39, 0.29) is 26.4 Å². The van der Waals surface area contributed by atoms with Crippen LogP contribution in [0.3, 0.4) is 0 Å². The molecule has 0 unspecified atom stereocenters. The minimum absolute atomic E-state index is 0.0106. The van der Waals surface area contributed by atoms with E-state index in [4.69, 9.17) is 29.2 Å². The summed E-state index contributed by atoms with van der Waals surface area (Å²) in [6.45, 7) is 0.428. The van der Waals surface area contributed by atoms with Crippen LogP contribution in [0.25, 0.3) is 0 Å². The Balaban J connectivity index is 0.000000151. The van der Waals surface area contributed by atoms with Gasteiger partial charge < -0.3 is 29.2 Å². The van der Waals surface area contributed by atoms with Crippen LogP contribution in [-0.4, -0.2) is 35.7 Å². The van der Waals surface area contributed by atoms with E-state index in [0.717, 1.165) is 11.1 Å². The minimum Gasteiger partial charge on any atom is -0.481 e. The third kappa shape index (κ3) is 4.35. The van der Waals surface area contributed by atoms with Crippen LogP contribution in [0.1, 0.15) is 11.1 Å². The van der Waals surface area contributed by atoms with Crippen molar-refractivity contribution in [2.45, 2.75) is 12.8 Å². The van der Waals surface area contributed by atoms with E-state index in [9.17, 15) is 9.59 Å². The molecule has 0 spiro atoms. The standard InChI is InChI=1S/2C9H8O4/c2*10-9(11)4-6-1-2-7-8(3-6)13-5-12-7/h2*1-3H,4-5H2,(H,10,11). The lowest BCUT2D eigenvalue weighted by Gasteiger charge is -1.98. The summed E-state index contributed by atoms with van der Waals surface area (Å²) in [6, 6.07) is 10.3. The van der Waals surface area contributed by atoms with Gasteiger partial charge >= 0.3 is 11.9 Å². The molecule has 0 fully saturated rings. The van der Waals surface area contributed by atoms with Crippen LogP contribution in [0.5, 0.6) is 23.0 Å². The van der Waals surface area contributed by atoms with Crippen LogP contribution in [0.4, 0.5) is 0 Å². The number of hydrogen-bond acceptors (Lipinski definition) is 6. The van der Waals surface area contributed by atoms with Crippen molar-refractivity contribution in [2.75, 3.05) is 13.6 Å². The van der Waals surface area contributed by atoms with Gasteiger partial charge in [0.05, 0.1) is 12.8 Å². The van der Waals surface area contributed by atoms with Gasteiger partial charge in [0.25, 0.3) is 0 Å². The Kier molecular flexibility index (Phi) is 5.12. The molecule has 2 heterocycles. The highest BCUT2D eigenvalue weighted by Gasteiger charge is 2.14. The maximum atomic E-state index is 10.4. The van der Waals surface area contributed by atoms with Gasteiger partial charge in [-0.3, -0.25) is 9.59 Å². The second-order valence-electron chi connectivity index (χ2n) is 5.52. The van der Waals surface area contributed by atoms with Crippen molar-refractivity contribution in [3.8, 4) is 23.0 Å². The first-order chi connectivity index (χ1) is 12.5. The topological polar surface area (TPSA) is 112 Å². The zero-order valence-corrected chi connectivity index (χ0v) is 13.6. The Labute approximate surface area is 148 Å². The predicted molar refractivity (Wildman–Crippen MR) is 87.8 cm³/mol. The second-order valence-corrected chi connectivity index (χ2v) is 5.52. The van der Waals surface area contributed by atoms with Gasteiger partial charge in [-0.1, -0.05) is 12.1 Å². The smallest absolute Gasteiger partial charge is 0.307 e. The Morgan fingerprint density at radius 2 is 1.08 bits per heavy atom. The lowest BCUT2D eigenvalue weighted by molar-refractivity contribution is -0.137. The molecule has 0 atom stereocenters. The van der Waals surface area contributed by atoms with E-state index in [0.29, 0.717) is 23.0 Å². The highest BCUT2D eigenvalue weighted by molar-refractivity contribution is 5.71. The van der Waals surface area contributed by atoms with Crippen LogP contribution >= 0.6 is 0 Å². The quantitative estimate of drug-likeness (QED) is 0.852. The fourth-order valence-electron chi connectivity index (χ4n) is 2.45. The summed E-state index contributed by atoms with van der Waals surface area (Å²) in [5.74, 6) is 0.901. The normalized spacial score (nSPS) is 12.9. The number of benzene rings is 2. The Hall–Kier alpha value is -3.42. The second kappa shape index (κ2) is 7.64.